The van der Waals surface area contributed by atoms with Gasteiger partial charge in [0.25, 0.3) is 0 Å². The van der Waals surface area contributed by atoms with Crippen LogP contribution in [0.15, 0.2) is 18.2 Å². The van der Waals surface area contributed by atoms with Crippen LogP contribution in [-0.2, 0) is 4.74 Å². The minimum Gasteiger partial charge on any atom is -0.496 e. The molecule has 1 atom stereocenters. The molecule has 2 rings (SSSR count). The van der Waals surface area contributed by atoms with Crippen molar-refractivity contribution in [3.8, 4) is 5.75 Å². The number of rotatable bonds is 6. The lowest BCUT2D eigenvalue weighted by Gasteiger charge is -2.47. The fraction of sp³-hybridized carbons (Fsp3) is 0.625. The minimum absolute atomic E-state index is 0.0723. The number of hydrogen-bond donors (Lipinski definition) is 1. The van der Waals surface area contributed by atoms with Gasteiger partial charge in [-0.05, 0) is 38.8 Å². The second-order valence-corrected chi connectivity index (χ2v) is 5.36. The number of benzene rings is 1. The standard InChI is InChI=1S/C16H25NO2/c1-5-17-15(16(19-4)9-6-10-16)13-11-12(2)7-8-14(13)18-3/h7-8,11,15,17H,5-6,9-10H2,1-4H3. The molecule has 1 N–H and O–H groups in total. The van der Waals surface area contributed by atoms with Gasteiger partial charge in [-0.3, -0.25) is 0 Å². The molecule has 1 fully saturated rings. The second kappa shape index (κ2) is 5.93. The normalized spacial score (nSPS) is 18.7. The smallest absolute Gasteiger partial charge is 0.123 e. The Bertz CT molecular complexity index is 421. The highest BCUT2D eigenvalue weighted by atomic mass is 16.5. The molecule has 1 saturated carbocycles. The zero-order valence-electron chi connectivity index (χ0n) is 12.5. The summed E-state index contributed by atoms with van der Waals surface area (Å²) in [5.74, 6) is 0.944. The first-order valence-electron chi connectivity index (χ1n) is 7.10. The van der Waals surface area contributed by atoms with Gasteiger partial charge in [0.05, 0.1) is 18.8 Å². The molecular weight excluding hydrogens is 238 g/mol. The average Bonchev–Trinajstić information content (AvgIpc) is 2.37. The number of ether oxygens (including phenoxy) is 2. The molecule has 1 aliphatic carbocycles. The van der Waals surface area contributed by atoms with Gasteiger partial charge in [-0.15, -0.1) is 0 Å². The average molecular weight is 263 g/mol. The molecular formula is C16H25NO2. The molecule has 0 heterocycles. The van der Waals surface area contributed by atoms with Crippen LogP contribution in [-0.4, -0.2) is 26.4 Å². The van der Waals surface area contributed by atoms with Crippen molar-refractivity contribution in [2.45, 2.75) is 44.8 Å². The zero-order chi connectivity index (χ0) is 13.9. The highest BCUT2D eigenvalue weighted by Crippen LogP contribution is 2.46. The summed E-state index contributed by atoms with van der Waals surface area (Å²) in [7, 11) is 3.56. The Balaban J connectivity index is 2.40. The van der Waals surface area contributed by atoms with Gasteiger partial charge in [0.1, 0.15) is 5.75 Å². The maximum absolute atomic E-state index is 5.86. The second-order valence-electron chi connectivity index (χ2n) is 5.36. The first-order valence-corrected chi connectivity index (χ1v) is 7.10. The minimum atomic E-state index is -0.0723. The van der Waals surface area contributed by atoms with Crippen LogP contribution in [0.4, 0.5) is 0 Å². The third-order valence-corrected chi connectivity index (χ3v) is 4.24. The van der Waals surface area contributed by atoms with Crippen LogP contribution in [0.5, 0.6) is 5.75 Å². The van der Waals surface area contributed by atoms with Gasteiger partial charge in [0, 0.05) is 12.7 Å². The van der Waals surface area contributed by atoms with Crippen molar-refractivity contribution >= 4 is 0 Å². The van der Waals surface area contributed by atoms with Crippen LogP contribution in [0.1, 0.15) is 43.4 Å². The Hall–Kier alpha value is -1.06. The monoisotopic (exact) mass is 263 g/mol. The Morgan fingerprint density at radius 1 is 1.32 bits per heavy atom. The van der Waals surface area contributed by atoms with E-state index < -0.39 is 0 Å². The van der Waals surface area contributed by atoms with Crippen molar-refractivity contribution in [2.75, 3.05) is 20.8 Å². The summed E-state index contributed by atoms with van der Waals surface area (Å²) in [5.41, 5.74) is 2.40. The zero-order valence-corrected chi connectivity index (χ0v) is 12.5. The fourth-order valence-electron chi connectivity index (χ4n) is 3.00. The molecule has 0 radical (unpaired) electrons. The number of likely N-dealkylation sites (N-methyl/N-ethyl adjacent to an activating group) is 1. The summed E-state index contributed by atoms with van der Waals surface area (Å²) in [6.07, 6.45) is 3.46. The summed E-state index contributed by atoms with van der Waals surface area (Å²) in [6, 6.07) is 6.56. The lowest BCUT2D eigenvalue weighted by Crippen LogP contribution is -2.50. The van der Waals surface area contributed by atoms with Gasteiger partial charge < -0.3 is 14.8 Å². The Morgan fingerprint density at radius 3 is 2.53 bits per heavy atom. The van der Waals surface area contributed by atoms with Crippen molar-refractivity contribution in [1.29, 1.82) is 0 Å². The van der Waals surface area contributed by atoms with Crippen molar-refractivity contribution in [1.82, 2.24) is 5.32 Å². The number of nitrogens with one attached hydrogen (secondary N) is 1. The Labute approximate surface area is 116 Å². The summed E-state index contributed by atoms with van der Waals surface area (Å²) in [4.78, 5) is 0. The van der Waals surface area contributed by atoms with E-state index in [1.54, 1.807) is 7.11 Å². The van der Waals surface area contributed by atoms with E-state index in [1.807, 2.05) is 7.11 Å². The van der Waals surface area contributed by atoms with E-state index in [2.05, 4.69) is 37.4 Å². The summed E-state index contributed by atoms with van der Waals surface area (Å²) in [6.45, 7) is 5.18. The Kier molecular flexibility index (Phi) is 4.48. The van der Waals surface area contributed by atoms with E-state index in [0.717, 1.165) is 25.1 Å². The van der Waals surface area contributed by atoms with Crippen LogP contribution >= 0.6 is 0 Å². The molecule has 3 nitrogen and oxygen atoms in total. The van der Waals surface area contributed by atoms with Gasteiger partial charge in [0.15, 0.2) is 0 Å². The molecule has 1 aromatic carbocycles. The summed E-state index contributed by atoms with van der Waals surface area (Å²) in [5, 5.41) is 3.59. The highest BCUT2D eigenvalue weighted by molar-refractivity contribution is 5.41. The first kappa shape index (κ1) is 14.4. The molecule has 0 aromatic heterocycles. The molecule has 1 aliphatic rings. The molecule has 0 aliphatic heterocycles. The first-order chi connectivity index (χ1) is 9.16. The molecule has 1 aromatic rings. The maximum Gasteiger partial charge on any atom is 0.123 e. The van der Waals surface area contributed by atoms with Gasteiger partial charge in [-0.25, -0.2) is 0 Å². The number of hydrogen-bond acceptors (Lipinski definition) is 3. The van der Waals surface area contributed by atoms with E-state index in [-0.39, 0.29) is 11.6 Å². The van der Waals surface area contributed by atoms with Crippen LogP contribution in [0, 0.1) is 6.92 Å². The van der Waals surface area contributed by atoms with Gasteiger partial charge >= 0.3 is 0 Å². The maximum atomic E-state index is 5.86. The van der Waals surface area contributed by atoms with Crippen molar-refractivity contribution < 1.29 is 9.47 Å². The van der Waals surface area contributed by atoms with E-state index in [4.69, 9.17) is 9.47 Å². The van der Waals surface area contributed by atoms with E-state index in [1.165, 1.54) is 17.5 Å². The third-order valence-electron chi connectivity index (χ3n) is 4.24. The van der Waals surface area contributed by atoms with E-state index >= 15 is 0 Å². The third kappa shape index (κ3) is 2.63. The van der Waals surface area contributed by atoms with Crippen LogP contribution in [0.3, 0.4) is 0 Å². The topological polar surface area (TPSA) is 30.5 Å². The van der Waals surface area contributed by atoms with Crippen LogP contribution < -0.4 is 10.1 Å². The molecule has 3 heteroatoms. The predicted molar refractivity (Wildman–Crippen MR) is 77.7 cm³/mol. The molecule has 1 unspecified atom stereocenters. The van der Waals surface area contributed by atoms with Gasteiger partial charge in [-0.2, -0.15) is 0 Å². The number of methoxy groups -OCH3 is 2. The van der Waals surface area contributed by atoms with E-state index in [9.17, 15) is 0 Å². The van der Waals surface area contributed by atoms with Crippen molar-refractivity contribution in [2.24, 2.45) is 0 Å². The molecule has 0 bridgehead atoms. The molecule has 0 saturated heterocycles. The van der Waals surface area contributed by atoms with Crippen molar-refractivity contribution in [3.63, 3.8) is 0 Å². The van der Waals surface area contributed by atoms with Gasteiger partial charge in [0.2, 0.25) is 0 Å². The van der Waals surface area contributed by atoms with Crippen LogP contribution in [0.25, 0.3) is 0 Å². The molecule has 0 amide bonds. The SMILES string of the molecule is CCNC(c1cc(C)ccc1OC)C1(OC)CCC1. The summed E-state index contributed by atoms with van der Waals surface area (Å²) >= 11 is 0. The summed E-state index contributed by atoms with van der Waals surface area (Å²) < 4.78 is 11.4. The van der Waals surface area contributed by atoms with Crippen LogP contribution in [0.2, 0.25) is 0 Å². The number of aryl methyl sites for hydroxylation is 1. The van der Waals surface area contributed by atoms with Crippen molar-refractivity contribution in [3.05, 3.63) is 29.3 Å². The predicted octanol–water partition coefficient (Wildman–Crippen LogP) is 3.22. The lowest BCUT2D eigenvalue weighted by molar-refractivity contribution is -0.0998. The highest BCUT2D eigenvalue weighted by Gasteiger charge is 2.45. The molecule has 19 heavy (non-hydrogen) atoms. The largest absolute Gasteiger partial charge is 0.496 e. The Morgan fingerprint density at radius 2 is 2.05 bits per heavy atom. The molecule has 0 spiro atoms. The molecule has 106 valence electrons. The quantitative estimate of drug-likeness (QED) is 0.855. The lowest BCUT2D eigenvalue weighted by atomic mass is 9.72. The fourth-order valence-corrected chi connectivity index (χ4v) is 3.00. The van der Waals surface area contributed by atoms with Gasteiger partial charge in [-0.1, -0.05) is 24.6 Å². The van der Waals surface area contributed by atoms with E-state index in [0.29, 0.717) is 0 Å².